The Kier molecular flexibility index (Phi) is 8.04. The van der Waals surface area contributed by atoms with Crippen molar-refractivity contribution in [3.05, 3.63) is 65.2 Å². The summed E-state index contributed by atoms with van der Waals surface area (Å²) in [4.78, 5) is 24.8. The zero-order valence-corrected chi connectivity index (χ0v) is 19.4. The van der Waals surface area contributed by atoms with E-state index in [1.165, 1.54) is 11.4 Å². The maximum atomic E-state index is 12.9. The van der Waals surface area contributed by atoms with Crippen LogP contribution in [0.3, 0.4) is 0 Å². The van der Waals surface area contributed by atoms with Gasteiger partial charge in [-0.25, -0.2) is 17.5 Å². The van der Waals surface area contributed by atoms with Crippen molar-refractivity contribution >= 4 is 27.6 Å². The molecule has 1 aliphatic heterocycles. The van der Waals surface area contributed by atoms with Crippen molar-refractivity contribution in [2.45, 2.75) is 32.6 Å². The average Bonchev–Trinajstić information content (AvgIpc) is 2.80. The molecule has 1 fully saturated rings. The highest BCUT2D eigenvalue weighted by molar-refractivity contribution is 7.89. The number of hydrogen-bond acceptors (Lipinski definition) is 5. The third kappa shape index (κ3) is 5.95. The number of ether oxygens (including phenoxy) is 1. The molecule has 2 aromatic rings. The molecule has 1 heterocycles. The summed E-state index contributed by atoms with van der Waals surface area (Å²) in [6.07, 6.45) is 2.50. The minimum atomic E-state index is -3.43. The van der Waals surface area contributed by atoms with Crippen molar-refractivity contribution in [1.29, 1.82) is 0 Å². The van der Waals surface area contributed by atoms with Crippen LogP contribution in [0.5, 0.6) is 0 Å². The number of carbonyl (C=O) groups is 2. The molecule has 1 saturated heterocycles. The van der Waals surface area contributed by atoms with Crippen molar-refractivity contribution in [1.82, 2.24) is 4.31 Å². The van der Waals surface area contributed by atoms with Crippen LogP contribution in [0.2, 0.25) is 0 Å². The van der Waals surface area contributed by atoms with Crippen LogP contribution in [0.25, 0.3) is 0 Å². The minimum Gasteiger partial charge on any atom is -0.465 e. The molecule has 0 bridgehead atoms. The van der Waals surface area contributed by atoms with Crippen LogP contribution in [-0.2, 0) is 26.0 Å². The molecule has 0 radical (unpaired) electrons. The number of nitrogens with zero attached hydrogens (tertiary/aromatic N) is 1. The number of amides is 1. The monoisotopic (exact) mass is 458 g/mol. The summed E-state index contributed by atoms with van der Waals surface area (Å²) in [5, 5.41) is 2.87. The number of hydrogen-bond donors (Lipinski definition) is 1. The SMILES string of the molecule is COC(=O)c1cccc(NC(=O)[C@H]2CCCN(S(=O)(=O)CCCc3ccccc3)C2)c1C. The molecule has 1 aliphatic rings. The molecule has 8 heteroatoms. The summed E-state index contributed by atoms with van der Waals surface area (Å²) in [6.45, 7) is 2.36. The molecule has 0 spiro atoms. The molecule has 0 aromatic heterocycles. The number of nitrogens with one attached hydrogen (secondary N) is 1. The van der Waals surface area contributed by atoms with Gasteiger partial charge in [-0.05, 0) is 55.9 Å². The number of esters is 1. The molecule has 0 unspecified atom stereocenters. The maximum Gasteiger partial charge on any atom is 0.338 e. The van der Waals surface area contributed by atoms with Crippen LogP contribution in [0.1, 0.15) is 40.7 Å². The molecule has 172 valence electrons. The first-order valence-electron chi connectivity index (χ1n) is 10.8. The van der Waals surface area contributed by atoms with Gasteiger partial charge in [0.1, 0.15) is 0 Å². The normalized spacial score (nSPS) is 17.0. The summed E-state index contributed by atoms with van der Waals surface area (Å²) in [7, 11) is -2.12. The van der Waals surface area contributed by atoms with Crippen LogP contribution in [0, 0.1) is 12.8 Å². The second kappa shape index (κ2) is 10.7. The zero-order chi connectivity index (χ0) is 23.1. The minimum absolute atomic E-state index is 0.0660. The lowest BCUT2D eigenvalue weighted by molar-refractivity contribution is -0.120. The molecule has 1 N–H and O–H groups in total. The van der Waals surface area contributed by atoms with Gasteiger partial charge in [-0.1, -0.05) is 36.4 Å². The molecule has 0 saturated carbocycles. The van der Waals surface area contributed by atoms with E-state index in [9.17, 15) is 18.0 Å². The number of benzene rings is 2. The third-order valence-corrected chi connectivity index (χ3v) is 7.78. The second-order valence-electron chi connectivity index (χ2n) is 8.06. The van der Waals surface area contributed by atoms with E-state index in [4.69, 9.17) is 4.74 Å². The van der Waals surface area contributed by atoms with Gasteiger partial charge in [0, 0.05) is 18.8 Å². The van der Waals surface area contributed by atoms with Gasteiger partial charge in [-0.15, -0.1) is 0 Å². The number of carbonyl (C=O) groups excluding carboxylic acids is 2. The van der Waals surface area contributed by atoms with Crippen LogP contribution < -0.4 is 5.32 Å². The van der Waals surface area contributed by atoms with Crippen LogP contribution in [0.15, 0.2) is 48.5 Å². The molecule has 0 aliphatic carbocycles. The maximum absolute atomic E-state index is 12.9. The fourth-order valence-corrected chi connectivity index (χ4v) is 5.56. The fraction of sp³-hybridized carbons (Fsp3) is 0.417. The Balaban J connectivity index is 1.60. The van der Waals surface area contributed by atoms with Crippen molar-refractivity contribution in [2.75, 3.05) is 31.3 Å². The fourth-order valence-electron chi connectivity index (χ4n) is 3.98. The number of sulfonamides is 1. The van der Waals surface area contributed by atoms with Crippen LogP contribution in [0.4, 0.5) is 5.69 Å². The van der Waals surface area contributed by atoms with Gasteiger partial charge < -0.3 is 10.1 Å². The van der Waals surface area contributed by atoms with Crippen molar-refractivity contribution < 1.29 is 22.7 Å². The first-order valence-corrected chi connectivity index (χ1v) is 12.4. The third-order valence-electron chi connectivity index (χ3n) is 5.86. The van der Waals surface area contributed by atoms with E-state index >= 15 is 0 Å². The predicted octanol–water partition coefficient (Wildman–Crippen LogP) is 3.39. The van der Waals surface area contributed by atoms with Crippen LogP contribution >= 0.6 is 0 Å². The zero-order valence-electron chi connectivity index (χ0n) is 18.5. The Morgan fingerprint density at radius 2 is 1.88 bits per heavy atom. The van der Waals surface area contributed by atoms with Gasteiger partial charge in [-0.3, -0.25) is 4.79 Å². The topological polar surface area (TPSA) is 92.8 Å². The number of anilines is 1. The van der Waals surface area contributed by atoms with Gasteiger partial charge >= 0.3 is 5.97 Å². The summed E-state index contributed by atoms with van der Waals surface area (Å²) >= 11 is 0. The molecule has 1 amide bonds. The number of aryl methyl sites for hydroxylation is 1. The van der Waals surface area contributed by atoms with Gasteiger partial charge in [0.25, 0.3) is 0 Å². The smallest absolute Gasteiger partial charge is 0.338 e. The standard InChI is InChI=1S/C24H30N2O5S/c1-18-21(24(28)31-2)13-6-14-22(18)25-23(27)20-12-7-15-26(17-20)32(29,30)16-8-11-19-9-4-3-5-10-19/h3-6,9-10,13-14,20H,7-8,11-12,15-17H2,1-2H3,(H,25,27)/t20-/m0/s1. The van der Waals surface area contributed by atoms with Gasteiger partial charge in [-0.2, -0.15) is 0 Å². The highest BCUT2D eigenvalue weighted by Crippen LogP contribution is 2.24. The molecule has 1 atom stereocenters. The van der Waals surface area contributed by atoms with Gasteiger partial charge in [0.2, 0.25) is 15.9 Å². The lowest BCUT2D eigenvalue weighted by atomic mass is 9.98. The number of methoxy groups -OCH3 is 1. The van der Waals surface area contributed by atoms with E-state index in [1.807, 2.05) is 30.3 Å². The molecular weight excluding hydrogens is 428 g/mol. The predicted molar refractivity (Wildman–Crippen MR) is 124 cm³/mol. The van der Waals surface area contributed by atoms with Crippen molar-refractivity contribution in [3.8, 4) is 0 Å². The lowest BCUT2D eigenvalue weighted by Gasteiger charge is -2.31. The van der Waals surface area contributed by atoms with Crippen LogP contribution in [-0.4, -0.2) is 50.6 Å². The van der Waals surface area contributed by atoms with E-state index in [0.29, 0.717) is 49.0 Å². The van der Waals surface area contributed by atoms with E-state index in [2.05, 4.69) is 5.32 Å². The van der Waals surface area contributed by atoms with Crippen molar-refractivity contribution in [3.63, 3.8) is 0 Å². The Morgan fingerprint density at radius 1 is 1.12 bits per heavy atom. The Labute approximate surface area is 189 Å². The summed E-state index contributed by atoms with van der Waals surface area (Å²) in [5.41, 5.74) is 2.65. The lowest BCUT2D eigenvalue weighted by Crippen LogP contribution is -2.44. The highest BCUT2D eigenvalue weighted by atomic mass is 32.2. The first-order chi connectivity index (χ1) is 15.3. The number of piperidine rings is 1. The number of rotatable bonds is 8. The summed E-state index contributed by atoms with van der Waals surface area (Å²) in [6, 6.07) is 14.9. The molecular formula is C24H30N2O5S. The van der Waals surface area contributed by atoms with Gasteiger partial charge in [0.15, 0.2) is 0 Å². The van der Waals surface area contributed by atoms with E-state index in [0.717, 1.165) is 5.56 Å². The molecule has 2 aromatic carbocycles. The molecule has 7 nitrogen and oxygen atoms in total. The van der Waals surface area contributed by atoms with Gasteiger partial charge in [0.05, 0.1) is 24.3 Å². The quantitative estimate of drug-likeness (QED) is 0.612. The Hall–Kier alpha value is -2.71. The average molecular weight is 459 g/mol. The van der Waals surface area contributed by atoms with E-state index < -0.39 is 21.9 Å². The van der Waals surface area contributed by atoms with E-state index in [-0.39, 0.29) is 18.2 Å². The largest absolute Gasteiger partial charge is 0.465 e. The first kappa shape index (κ1) is 23.9. The highest BCUT2D eigenvalue weighted by Gasteiger charge is 2.32. The van der Waals surface area contributed by atoms with E-state index in [1.54, 1.807) is 25.1 Å². The Morgan fingerprint density at radius 3 is 2.59 bits per heavy atom. The van der Waals surface area contributed by atoms with Crippen molar-refractivity contribution in [2.24, 2.45) is 5.92 Å². The summed E-state index contributed by atoms with van der Waals surface area (Å²) in [5.74, 6) is -1.08. The Bertz CT molecular complexity index is 1050. The second-order valence-corrected chi connectivity index (χ2v) is 10.1. The molecule has 3 rings (SSSR count). The molecule has 32 heavy (non-hydrogen) atoms. The summed E-state index contributed by atoms with van der Waals surface area (Å²) < 4.78 is 31.9.